The number of rotatable bonds is 7. The van der Waals surface area contributed by atoms with Crippen molar-refractivity contribution in [2.75, 3.05) is 35.2 Å². The number of hydrogen-bond donors (Lipinski definition) is 2. The molecule has 2 N–H and O–H groups in total. The molecule has 3 rings (SSSR count). The molecule has 3 amide bonds. The quantitative estimate of drug-likeness (QED) is 0.706. The van der Waals surface area contributed by atoms with Crippen LogP contribution in [0.2, 0.25) is 0 Å². The van der Waals surface area contributed by atoms with Crippen molar-refractivity contribution in [3.05, 3.63) is 59.2 Å². The van der Waals surface area contributed by atoms with Crippen molar-refractivity contribution in [3.63, 3.8) is 0 Å². The third-order valence-corrected chi connectivity index (χ3v) is 5.85. The number of aryl methyl sites for hydroxylation is 2. The van der Waals surface area contributed by atoms with Gasteiger partial charge in [0.15, 0.2) is 0 Å². The minimum atomic E-state index is -0.232. The second kappa shape index (κ2) is 10.3. The van der Waals surface area contributed by atoms with Gasteiger partial charge < -0.3 is 15.5 Å². The lowest BCUT2D eigenvalue weighted by atomic mass is 10.0. The van der Waals surface area contributed by atoms with Crippen LogP contribution >= 0.6 is 11.8 Å². The third-order valence-electron chi connectivity index (χ3n) is 4.92. The fourth-order valence-corrected chi connectivity index (χ4v) is 4.09. The molecular formula is C23H27N3O3S. The van der Waals surface area contributed by atoms with Crippen LogP contribution in [0.5, 0.6) is 0 Å². The predicted molar refractivity (Wildman–Crippen MR) is 122 cm³/mol. The van der Waals surface area contributed by atoms with Gasteiger partial charge in [-0.15, -0.1) is 11.8 Å². The minimum Gasteiger partial charge on any atom is -0.339 e. The zero-order valence-corrected chi connectivity index (χ0v) is 18.2. The van der Waals surface area contributed by atoms with Crippen LogP contribution < -0.4 is 10.6 Å². The van der Waals surface area contributed by atoms with Gasteiger partial charge in [-0.25, -0.2) is 0 Å². The topological polar surface area (TPSA) is 78.5 Å². The summed E-state index contributed by atoms with van der Waals surface area (Å²) in [7, 11) is 0. The van der Waals surface area contributed by atoms with E-state index in [1.807, 2.05) is 55.1 Å². The maximum Gasteiger partial charge on any atom is 0.256 e. The Balaban J connectivity index is 1.53. The van der Waals surface area contributed by atoms with Crippen molar-refractivity contribution in [1.29, 1.82) is 0 Å². The van der Waals surface area contributed by atoms with Crippen LogP contribution in [-0.4, -0.2) is 47.2 Å². The van der Waals surface area contributed by atoms with Gasteiger partial charge in [0.1, 0.15) is 0 Å². The molecule has 2 aromatic carbocycles. The standard InChI is InChI=1S/C23H27N3O3S/c1-16-7-5-9-18(13-16)24-20(27)14-30-15-21(28)25-19-10-6-8-17(2)22(19)23(29)26-11-3-4-12-26/h5-10,13H,3-4,11-12,14-15H2,1-2H3,(H,24,27)(H,25,28). The summed E-state index contributed by atoms with van der Waals surface area (Å²) in [6.07, 6.45) is 2.03. The molecule has 0 aromatic heterocycles. The maximum atomic E-state index is 12.9. The summed E-state index contributed by atoms with van der Waals surface area (Å²) >= 11 is 1.24. The van der Waals surface area contributed by atoms with Gasteiger partial charge in [0, 0.05) is 18.8 Å². The summed E-state index contributed by atoms with van der Waals surface area (Å²) in [5.74, 6) is -0.115. The van der Waals surface area contributed by atoms with E-state index >= 15 is 0 Å². The fraction of sp³-hybridized carbons (Fsp3) is 0.348. The maximum absolute atomic E-state index is 12.9. The Bertz CT molecular complexity index is 939. The highest BCUT2D eigenvalue weighted by Crippen LogP contribution is 2.24. The molecule has 0 spiro atoms. The molecule has 2 aromatic rings. The third kappa shape index (κ3) is 5.86. The van der Waals surface area contributed by atoms with E-state index < -0.39 is 0 Å². The first-order valence-corrected chi connectivity index (χ1v) is 11.2. The second-order valence-corrected chi connectivity index (χ2v) is 8.44. The molecule has 1 aliphatic heterocycles. The lowest BCUT2D eigenvalue weighted by molar-refractivity contribution is -0.114. The number of anilines is 2. The molecule has 1 aliphatic rings. The van der Waals surface area contributed by atoms with Crippen molar-refractivity contribution >= 4 is 40.9 Å². The number of carbonyl (C=O) groups excluding carboxylic acids is 3. The largest absolute Gasteiger partial charge is 0.339 e. The predicted octanol–water partition coefficient (Wildman–Crippen LogP) is 3.85. The second-order valence-electron chi connectivity index (χ2n) is 7.46. The van der Waals surface area contributed by atoms with E-state index in [2.05, 4.69) is 10.6 Å². The smallest absolute Gasteiger partial charge is 0.256 e. The number of likely N-dealkylation sites (tertiary alicyclic amines) is 1. The highest BCUT2D eigenvalue weighted by atomic mass is 32.2. The van der Waals surface area contributed by atoms with Gasteiger partial charge in [-0.05, 0) is 56.0 Å². The van der Waals surface area contributed by atoms with E-state index in [4.69, 9.17) is 0 Å². The number of thioether (sulfide) groups is 1. The first-order chi connectivity index (χ1) is 14.4. The van der Waals surface area contributed by atoms with E-state index in [0.29, 0.717) is 11.3 Å². The summed E-state index contributed by atoms with van der Waals surface area (Å²) in [6.45, 7) is 5.35. The summed E-state index contributed by atoms with van der Waals surface area (Å²) in [5, 5.41) is 5.67. The lowest BCUT2D eigenvalue weighted by Crippen LogP contribution is -2.29. The van der Waals surface area contributed by atoms with Crippen molar-refractivity contribution in [1.82, 2.24) is 4.90 Å². The Morgan fingerprint density at radius 1 is 0.933 bits per heavy atom. The molecule has 30 heavy (non-hydrogen) atoms. The van der Waals surface area contributed by atoms with Gasteiger partial charge in [-0.2, -0.15) is 0 Å². The van der Waals surface area contributed by atoms with Crippen LogP contribution in [-0.2, 0) is 9.59 Å². The number of amides is 3. The monoisotopic (exact) mass is 425 g/mol. The van der Waals surface area contributed by atoms with Gasteiger partial charge in [-0.3, -0.25) is 14.4 Å². The van der Waals surface area contributed by atoms with Gasteiger partial charge in [0.05, 0.1) is 22.8 Å². The molecule has 1 heterocycles. The summed E-state index contributed by atoms with van der Waals surface area (Å²) in [4.78, 5) is 39.2. The summed E-state index contributed by atoms with van der Waals surface area (Å²) in [6, 6.07) is 13.0. The summed E-state index contributed by atoms with van der Waals surface area (Å²) < 4.78 is 0. The molecule has 0 atom stereocenters. The van der Waals surface area contributed by atoms with E-state index in [0.717, 1.165) is 42.7 Å². The van der Waals surface area contributed by atoms with Gasteiger partial charge in [0.2, 0.25) is 11.8 Å². The lowest BCUT2D eigenvalue weighted by Gasteiger charge is -2.19. The molecule has 1 fully saturated rings. The average molecular weight is 426 g/mol. The molecule has 158 valence electrons. The molecular weight excluding hydrogens is 398 g/mol. The van der Waals surface area contributed by atoms with Crippen molar-refractivity contribution in [3.8, 4) is 0 Å². The Hall–Kier alpha value is -2.80. The average Bonchev–Trinajstić information content (AvgIpc) is 3.22. The van der Waals surface area contributed by atoms with Crippen molar-refractivity contribution in [2.24, 2.45) is 0 Å². The zero-order valence-electron chi connectivity index (χ0n) is 17.4. The molecule has 7 heteroatoms. The molecule has 0 saturated carbocycles. The van der Waals surface area contributed by atoms with E-state index in [-0.39, 0.29) is 29.2 Å². The van der Waals surface area contributed by atoms with Crippen LogP contribution in [0.25, 0.3) is 0 Å². The molecule has 6 nitrogen and oxygen atoms in total. The van der Waals surface area contributed by atoms with Gasteiger partial charge in [0.25, 0.3) is 5.91 Å². The number of hydrogen-bond acceptors (Lipinski definition) is 4. The first-order valence-electron chi connectivity index (χ1n) is 10.1. The van der Waals surface area contributed by atoms with Crippen LogP contribution in [0.3, 0.4) is 0 Å². The molecule has 0 radical (unpaired) electrons. The van der Waals surface area contributed by atoms with Crippen molar-refractivity contribution in [2.45, 2.75) is 26.7 Å². The molecule has 1 saturated heterocycles. The van der Waals surface area contributed by atoms with Crippen LogP contribution in [0, 0.1) is 13.8 Å². The summed E-state index contributed by atoms with van der Waals surface area (Å²) in [5.41, 5.74) is 3.73. The number of carbonyl (C=O) groups is 3. The van der Waals surface area contributed by atoms with Crippen molar-refractivity contribution < 1.29 is 14.4 Å². The number of nitrogens with one attached hydrogen (secondary N) is 2. The van der Waals surface area contributed by atoms with Crippen LogP contribution in [0.1, 0.15) is 34.3 Å². The highest BCUT2D eigenvalue weighted by molar-refractivity contribution is 8.00. The Kier molecular flexibility index (Phi) is 7.52. The first kappa shape index (κ1) is 21.9. The molecule has 0 aliphatic carbocycles. The molecule has 0 bridgehead atoms. The Morgan fingerprint density at radius 2 is 1.60 bits per heavy atom. The zero-order chi connectivity index (χ0) is 21.5. The number of benzene rings is 2. The highest BCUT2D eigenvalue weighted by Gasteiger charge is 2.24. The van der Waals surface area contributed by atoms with E-state index in [1.165, 1.54) is 11.8 Å². The van der Waals surface area contributed by atoms with Gasteiger partial charge in [-0.1, -0.05) is 24.3 Å². The SMILES string of the molecule is Cc1cccc(NC(=O)CSCC(=O)Nc2cccc(C)c2C(=O)N2CCCC2)c1. The fourth-order valence-electron chi connectivity index (χ4n) is 3.48. The van der Waals surface area contributed by atoms with E-state index in [9.17, 15) is 14.4 Å². The van der Waals surface area contributed by atoms with Crippen LogP contribution in [0.15, 0.2) is 42.5 Å². The molecule has 0 unspecified atom stereocenters. The Labute approximate surface area is 181 Å². The number of nitrogens with zero attached hydrogens (tertiary/aromatic N) is 1. The van der Waals surface area contributed by atoms with E-state index in [1.54, 1.807) is 6.07 Å². The normalized spacial score (nSPS) is 13.2. The van der Waals surface area contributed by atoms with Gasteiger partial charge >= 0.3 is 0 Å². The Morgan fingerprint density at radius 3 is 2.30 bits per heavy atom. The minimum absolute atomic E-state index is 0.0360. The van der Waals surface area contributed by atoms with Crippen LogP contribution in [0.4, 0.5) is 11.4 Å².